The summed E-state index contributed by atoms with van der Waals surface area (Å²) in [5.41, 5.74) is 4.88. The van der Waals surface area contributed by atoms with Gasteiger partial charge in [-0.2, -0.15) is 0 Å². The van der Waals surface area contributed by atoms with Gasteiger partial charge in [0.25, 0.3) is 0 Å². The minimum Gasteiger partial charge on any atom is -0.480 e. The zero-order valence-corrected chi connectivity index (χ0v) is 10.4. The van der Waals surface area contributed by atoms with Gasteiger partial charge in [-0.25, -0.2) is 9.59 Å². The van der Waals surface area contributed by atoms with E-state index in [0.29, 0.717) is 6.42 Å². The van der Waals surface area contributed by atoms with Crippen LogP contribution in [0.2, 0.25) is 0 Å². The molecule has 2 atom stereocenters. The number of primary amides is 1. The van der Waals surface area contributed by atoms with E-state index in [-0.39, 0.29) is 6.54 Å². The van der Waals surface area contributed by atoms with E-state index in [9.17, 15) is 14.4 Å². The zero-order chi connectivity index (χ0) is 14.3. The summed E-state index contributed by atoms with van der Waals surface area (Å²) < 4.78 is 0. The van der Waals surface area contributed by atoms with E-state index < -0.39 is 36.5 Å². The molecule has 0 aliphatic rings. The van der Waals surface area contributed by atoms with Crippen molar-refractivity contribution in [3.05, 3.63) is 0 Å². The average molecular weight is 261 g/mol. The lowest BCUT2D eigenvalue weighted by atomic mass is 10.2. The van der Waals surface area contributed by atoms with Crippen LogP contribution < -0.4 is 11.1 Å². The first kappa shape index (κ1) is 16.2. The Hall–Kier alpha value is -1.83. The Morgan fingerprint density at radius 1 is 1.39 bits per heavy atom. The molecular formula is C10H19N3O5. The first-order chi connectivity index (χ1) is 8.23. The number of carboxylic acid groups (broad SMARTS) is 1. The van der Waals surface area contributed by atoms with Crippen LogP contribution in [0.4, 0.5) is 4.79 Å². The predicted molar refractivity (Wildman–Crippen MR) is 62.7 cm³/mol. The standard InChI is InChI=1S/C10H19N3O5/c1-6(14)3-4-13(2)10(18)12-7(9(16)17)5-8(11)15/h6-7,14H,3-5H2,1-2H3,(H2,11,15)(H,12,18)(H,16,17)/t6?,7-/m0/s1. The van der Waals surface area contributed by atoms with Crippen molar-refractivity contribution in [2.75, 3.05) is 13.6 Å². The fourth-order valence-electron chi connectivity index (χ4n) is 1.14. The number of nitrogens with one attached hydrogen (secondary N) is 1. The number of aliphatic hydroxyl groups excluding tert-OH is 1. The average Bonchev–Trinajstić information content (AvgIpc) is 2.23. The van der Waals surface area contributed by atoms with Crippen molar-refractivity contribution in [1.82, 2.24) is 10.2 Å². The van der Waals surface area contributed by atoms with Gasteiger partial charge in [-0.15, -0.1) is 0 Å². The monoisotopic (exact) mass is 261 g/mol. The molecule has 0 aromatic heterocycles. The lowest BCUT2D eigenvalue weighted by Crippen LogP contribution is -2.48. The van der Waals surface area contributed by atoms with E-state index in [0.717, 1.165) is 0 Å². The highest BCUT2D eigenvalue weighted by molar-refractivity contribution is 5.87. The third kappa shape index (κ3) is 6.69. The van der Waals surface area contributed by atoms with Crippen LogP contribution >= 0.6 is 0 Å². The van der Waals surface area contributed by atoms with Crippen LogP contribution in [0.15, 0.2) is 0 Å². The molecule has 0 saturated carbocycles. The number of hydrogen-bond donors (Lipinski definition) is 4. The number of nitrogens with zero attached hydrogens (tertiary/aromatic N) is 1. The number of carbonyl (C=O) groups excluding carboxylic acids is 2. The molecule has 0 aromatic rings. The van der Waals surface area contributed by atoms with Crippen molar-refractivity contribution in [1.29, 1.82) is 0 Å². The molecule has 18 heavy (non-hydrogen) atoms. The van der Waals surface area contributed by atoms with Crippen LogP contribution in [-0.4, -0.2) is 58.8 Å². The quantitative estimate of drug-likeness (QED) is 0.453. The number of nitrogens with two attached hydrogens (primary N) is 1. The summed E-state index contributed by atoms with van der Waals surface area (Å²) in [6, 6.07) is -1.98. The van der Waals surface area contributed by atoms with Crippen molar-refractivity contribution in [3.8, 4) is 0 Å². The largest absolute Gasteiger partial charge is 0.480 e. The molecular weight excluding hydrogens is 242 g/mol. The number of aliphatic carboxylic acids is 1. The second-order valence-corrected chi connectivity index (χ2v) is 4.07. The molecule has 1 unspecified atom stereocenters. The maximum atomic E-state index is 11.6. The van der Waals surface area contributed by atoms with E-state index in [2.05, 4.69) is 5.32 Å². The molecule has 0 aromatic carbocycles. The molecule has 5 N–H and O–H groups in total. The van der Waals surface area contributed by atoms with Gasteiger partial charge in [0.05, 0.1) is 12.5 Å². The SMILES string of the molecule is CC(O)CCN(C)C(=O)N[C@@H](CC(N)=O)C(=O)O. The van der Waals surface area contributed by atoms with Gasteiger partial charge < -0.3 is 26.2 Å². The smallest absolute Gasteiger partial charge is 0.326 e. The molecule has 0 fully saturated rings. The Morgan fingerprint density at radius 3 is 2.33 bits per heavy atom. The molecule has 0 radical (unpaired) electrons. The molecule has 0 rings (SSSR count). The number of urea groups is 1. The summed E-state index contributed by atoms with van der Waals surface area (Å²) in [5, 5.41) is 20.0. The van der Waals surface area contributed by atoms with Gasteiger partial charge in [0.15, 0.2) is 0 Å². The highest BCUT2D eigenvalue weighted by Gasteiger charge is 2.23. The molecule has 8 nitrogen and oxygen atoms in total. The predicted octanol–water partition coefficient (Wildman–Crippen LogP) is -1.27. The Balaban J connectivity index is 4.32. The third-order valence-corrected chi connectivity index (χ3v) is 2.23. The minimum absolute atomic E-state index is 0.270. The molecule has 0 heterocycles. The fraction of sp³-hybridized carbons (Fsp3) is 0.700. The van der Waals surface area contributed by atoms with Crippen molar-refractivity contribution in [3.63, 3.8) is 0 Å². The fourth-order valence-corrected chi connectivity index (χ4v) is 1.14. The Labute approximate surface area is 105 Å². The van der Waals surface area contributed by atoms with E-state index in [4.69, 9.17) is 15.9 Å². The van der Waals surface area contributed by atoms with Gasteiger partial charge in [-0.1, -0.05) is 0 Å². The molecule has 0 spiro atoms. The highest BCUT2D eigenvalue weighted by atomic mass is 16.4. The van der Waals surface area contributed by atoms with E-state index in [1.807, 2.05) is 0 Å². The molecule has 0 aliphatic carbocycles. The molecule has 3 amide bonds. The van der Waals surface area contributed by atoms with Crippen LogP contribution in [0.3, 0.4) is 0 Å². The van der Waals surface area contributed by atoms with Crippen molar-refractivity contribution in [2.45, 2.75) is 31.9 Å². The van der Waals surface area contributed by atoms with Crippen molar-refractivity contribution in [2.24, 2.45) is 5.73 Å². The topological polar surface area (TPSA) is 133 Å². The lowest BCUT2D eigenvalue weighted by molar-refractivity contribution is -0.140. The number of carboxylic acids is 1. The normalized spacial score (nSPS) is 13.5. The molecule has 8 heteroatoms. The van der Waals surface area contributed by atoms with Crippen LogP contribution in [0.5, 0.6) is 0 Å². The maximum absolute atomic E-state index is 11.6. The molecule has 0 bridgehead atoms. The van der Waals surface area contributed by atoms with Gasteiger partial charge in [0.1, 0.15) is 6.04 Å². The van der Waals surface area contributed by atoms with Crippen molar-refractivity contribution >= 4 is 17.9 Å². The number of carbonyl (C=O) groups is 3. The van der Waals surface area contributed by atoms with E-state index >= 15 is 0 Å². The van der Waals surface area contributed by atoms with Crippen LogP contribution in [-0.2, 0) is 9.59 Å². The third-order valence-electron chi connectivity index (χ3n) is 2.23. The number of rotatable bonds is 7. The summed E-state index contributed by atoms with van der Waals surface area (Å²) in [6.45, 7) is 1.85. The van der Waals surface area contributed by atoms with Crippen LogP contribution in [0, 0.1) is 0 Å². The number of amides is 3. The summed E-state index contributed by atoms with van der Waals surface area (Å²) in [5.74, 6) is -2.14. The van der Waals surface area contributed by atoms with Gasteiger partial charge >= 0.3 is 12.0 Å². The highest BCUT2D eigenvalue weighted by Crippen LogP contribution is 1.97. The van der Waals surface area contributed by atoms with Gasteiger partial charge in [-0.3, -0.25) is 4.79 Å². The van der Waals surface area contributed by atoms with Gasteiger partial charge in [0, 0.05) is 13.6 Å². The number of aliphatic hydroxyl groups is 1. The van der Waals surface area contributed by atoms with Crippen LogP contribution in [0.25, 0.3) is 0 Å². The molecule has 0 saturated heterocycles. The van der Waals surface area contributed by atoms with E-state index in [1.54, 1.807) is 6.92 Å². The van der Waals surface area contributed by atoms with Gasteiger partial charge in [-0.05, 0) is 13.3 Å². The maximum Gasteiger partial charge on any atom is 0.326 e. The Bertz CT molecular complexity index is 319. The lowest BCUT2D eigenvalue weighted by Gasteiger charge is -2.21. The first-order valence-corrected chi connectivity index (χ1v) is 5.44. The number of hydrogen-bond acceptors (Lipinski definition) is 4. The summed E-state index contributed by atoms with van der Waals surface area (Å²) in [4.78, 5) is 34.2. The summed E-state index contributed by atoms with van der Waals surface area (Å²) in [7, 11) is 1.46. The zero-order valence-electron chi connectivity index (χ0n) is 10.4. The second kappa shape index (κ2) is 7.49. The molecule has 104 valence electrons. The summed E-state index contributed by atoms with van der Waals surface area (Å²) in [6.07, 6.45) is -0.649. The van der Waals surface area contributed by atoms with Crippen molar-refractivity contribution < 1.29 is 24.6 Å². The van der Waals surface area contributed by atoms with Crippen LogP contribution in [0.1, 0.15) is 19.8 Å². The van der Waals surface area contributed by atoms with Gasteiger partial charge in [0.2, 0.25) is 5.91 Å². The Kier molecular flexibility index (Phi) is 6.73. The first-order valence-electron chi connectivity index (χ1n) is 5.44. The Morgan fingerprint density at radius 2 is 1.94 bits per heavy atom. The molecule has 0 aliphatic heterocycles. The summed E-state index contributed by atoms with van der Waals surface area (Å²) >= 11 is 0. The minimum atomic E-state index is -1.34. The van der Waals surface area contributed by atoms with E-state index in [1.165, 1.54) is 11.9 Å². The second-order valence-electron chi connectivity index (χ2n) is 4.07.